The molecule has 0 aliphatic carbocycles. The average molecular weight is 384 g/mol. The van der Waals surface area contributed by atoms with E-state index in [1.54, 1.807) is 30.1 Å². The molecule has 0 radical (unpaired) electrons. The second-order valence-corrected chi connectivity index (χ2v) is 6.05. The Bertz CT molecular complexity index is 748. The summed E-state index contributed by atoms with van der Waals surface area (Å²) in [5.74, 6) is -0.860. The molecular weight excluding hydrogens is 364 g/mol. The molecule has 0 fully saturated rings. The third-order valence-corrected chi connectivity index (χ3v) is 3.70. The number of rotatable bonds is 8. The molecule has 1 N–H and O–H groups in total. The predicted octanol–water partition coefficient (Wildman–Crippen LogP) is 3.52. The van der Waals surface area contributed by atoms with Crippen LogP contribution in [0.1, 0.15) is 11.1 Å². The van der Waals surface area contributed by atoms with Crippen LogP contribution in [0.4, 0.5) is 17.6 Å². The van der Waals surface area contributed by atoms with E-state index in [-0.39, 0.29) is 30.6 Å². The molecule has 0 aromatic heterocycles. The highest BCUT2D eigenvalue weighted by atomic mass is 19.4. The molecule has 0 heterocycles. The molecule has 2 aromatic rings. The van der Waals surface area contributed by atoms with Crippen molar-refractivity contribution in [3.63, 3.8) is 0 Å². The molecule has 0 bridgehead atoms. The lowest BCUT2D eigenvalue weighted by molar-refractivity contribution is -0.275. The topological polar surface area (TPSA) is 41.6 Å². The van der Waals surface area contributed by atoms with E-state index in [0.717, 1.165) is 5.56 Å². The van der Waals surface area contributed by atoms with Crippen molar-refractivity contribution >= 4 is 5.91 Å². The van der Waals surface area contributed by atoms with Crippen molar-refractivity contribution < 1.29 is 27.1 Å². The van der Waals surface area contributed by atoms with Crippen LogP contribution in [0.25, 0.3) is 0 Å². The van der Waals surface area contributed by atoms with Gasteiger partial charge in [0.2, 0.25) is 5.91 Å². The molecule has 27 heavy (non-hydrogen) atoms. The summed E-state index contributed by atoms with van der Waals surface area (Å²) in [6.45, 7) is 0.521. The Morgan fingerprint density at radius 2 is 1.78 bits per heavy atom. The van der Waals surface area contributed by atoms with Crippen molar-refractivity contribution in [3.8, 4) is 5.75 Å². The minimum atomic E-state index is -4.77. The predicted molar refractivity (Wildman–Crippen MR) is 92.6 cm³/mol. The molecule has 146 valence electrons. The van der Waals surface area contributed by atoms with Crippen LogP contribution in [0.5, 0.6) is 5.75 Å². The van der Waals surface area contributed by atoms with Crippen LogP contribution in [-0.4, -0.2) is 37.3 Å². The summed E-state index contributed by atoms with van der Waals surface area (Å²) in [7, 11) is 1.63. The van der Waals surface area contributed by atoms with Crippen LogP contribution in [-0.2, 0) is 17.8 Å². The van der Waals surface area contributed by atoms with Gasteiger partial charge in [0, 0.05) is 18.7 Å². The molecule has 2 aromatic carbocycles. The average Bonchev–Trinajstić information content (AvgIpc) is 2.57. The van der Waals surface area contributed by atoms with Gasteiger partial charge in [-0.1, -0.05) is 30.3 Å². The number of para-hydroxylation sites is 1. The van der Waals surface area contributed by atoms with Gasteiger partial charge in [-0.05, 0) is 37.2 Å². The van der Waals surface area contributed by atoms with Gasteiger partial charge in [0.05, 0.1) is 6.54 Å². The molecule has 8 heteroatoms. The summed E-state index contributed by atoms with van der Waals surface area (Å²) in [4.78, 5) is 13.6. The second-order valence-electron chi connectivity index (χ2n) is 6.05. The van der Waals surface area contributed by atoms with Gasteiger partial charge in [-0.3, -0.25) is 9.69 Å². The number of hydrogen-bond acceptors (Lipinski definition) is 3. The lowest BCUT2D eigenvalue weighted by Crippen LogP contribution is -2.36. The molecule has 2 rings (SSSR count). The Morgan fingerprint density at radius 3 is 2.44 bits per heavy atom. The standard InChI is InChI=1S/C19H20F4N2O2/c1-25(12-15-4-2-3-5-17(15)27-19(21,22)23)13-18(26)24-11-10-14-6-8-16(20)9-7-14/h2-9H,10-13H2,1H3,(H,24,26). The zero-order valence-corrected chi connectivity index (χ0v) is 14.7. The Morgan fingerprint density at radius 1 is 1.11 bits per heavy atom. The minimum Gasteiger partial charge on any atom is -0.405 e. The first-order chi connectivity index (χ1) is 12.7. The van der Waals surface area contributed by atoms with E-state index in [0.29, 0.717) is 18.5 Å². The zero-order valence-electron chi connectivity index (χ0n) is 14.7. The number of likely N-dealkylation sites (N-methyl/N-ethyl adjacent to an activating group) is 1. The number of halogens is 4. The van der Waals surface area contributed by atoms with Gasteiger partial charge in [0.1, 0.15) is 11.6 Å². The maximum atomic E-state index is 12.8. The van der Waals surface area contributed by atoms with Crippen molar-refractivity contribution in [2.75, 3.05) is 20.1 Å². The highest BCUT2D eigenvalue weighted by molar-refractivity contribution is 5.77. The number of amides is 1. The molecule has 4 nitrogen and oxygen atoms in total. The highest BCUT2D eigenvalue weighted by Crippen LogP contribution is 2.26. The van der Waals surface area contributed by atoms with E-state index >= 15 is 0 Å². The minimum absolute atomic E-state index is 0.0176. The fourth-order valence-corrected chi connectivity index (χ4v) is 2.50. The van der Waals surface area contributed by atoms with E-state index in [2.05, 4.69) is 10.1 Å². The van der Waals surface area contributed by atoms with Crippen LogP contribution in [0.3, 0.4) is 0 Å². The summed E-state index contributed by atoms with van der Waals surface area (Å²) in [6.07, 6.45) is -4.22. The Balaban J connectivity index is 1.80. The maximum absolute atomic E-state index is 12.8. The molecule has 0 spiro atoms. The van der Waals surface area contributed by atoms with Crippen molar-refractivity contribution in [1.29, 1.82) is 0 Å². The Hall–Kier alpha value is -2.61. The largest absolute Gasteiger partial charge is 0.573 e. The number of carbonyl (C=O) groups excluding carboxylic acids is 1. The van der Waals surface area contributed by atoms with Crippen molar-refractivity contribution in [1.82, 2.24) is 10.2 Å². The van der Waals surface area contributed by atoms with Gasteiger partial charge >= 0.3 is 6.36 Å². The number of alkyl halides is 3. The van der Waals surface area contributed by atoms with Crippen LogP contribution in [0, 0.1) is 5.82 Å². The molecule has 0 unspecified atom stereocenters. The molecule has 1 amide bonds. The van der Waals surface area contributed by atoms with E-state index in [4.69, 9.17) is 0 Å². The molecule has 0 aliphatic heterocycles. The molecule has 0 saturated carbocycles. The van der Waals surface area contributed by atoms with Gasteiger partial charge in [-0.2, -0.15) is 0 Å². The number of benzene rings is 2. The lowest BCUT2D eigenvalue weighted by Gasteiger charge is -2.19. The smallest absolute Gasteiger partial charge is 0.405 e. The van der Waals surface area contributed by atoms with E-state index < -0.39 is 6.36 Å². The third kappa shape index (κ3) is 7.65. The number of nitrogens with one attached hydrogen (secondary N) is 1. The first kappa shape index (κ1) is 20.7. The van der Waals surface area contributed by atoms with Gasteiger partial charge in [0.25, 0.3) is 0 Å². The van der Waals surface area contributed by atoms with Gasteiger partial charge in [-0.25, -0.2) is 4.39 Å². The lowest BCUT2D eigenvalue weighted by atomic mass is 10.1. The SMILES string of the molecule is CN(CC(=O)NCCc1ccc(F)cc1)Cc1ccccc1OC(F)(F)F. The summed E-state index contributed by atoms with van der Waals surface area (Å²) >= 11 is 0. The summed E-state index contributed by atoms with van der Waals surface area (Å²) in [6, 6.07) is 11.8. The monoisotopic (exact) mass is 384 g/mol. The quantitative estimate of drug-likeness (QED) is 0.709. The number of nitrogens with zero attached hydrogens (tertiary/aromatic N) is 1. The van der Waals surface area contributed by atoms with Gasteiger partial charge in [0.15, 0.2) is 0 Å². The normalized spacial score (nSPS) is 11.5. The summed E-state index contributed by atoms with van der Waals surface area (Å²) in [5, 5.41) is 2.73. The third-order valence-electron chi connectivity index (χ3n) is 3.70. The van der Waals surface area contributed by atoms with Gasteiger partial charge in [-0.15, -0.1) is 13.2 Å². The first-order valence-corrected chi connectivity index (χ1v) is 8.26. The van der Waals surface area contributed by atoms with Crippen LogP contribution in [0.15, 0.2) is 48.5 Å². The molecule has 0 saturated heterocycles. The molecule has 0 aliphatic rings. The van der Waals surface area contributed by atoms with Gasteiger partial charge < -0.3 is 10.1 Å². The summed E-state index contributed by atoms with van der Waals surface area (Å²) < 4.78 is 54.2. The number of hydrogen-bond donors (Lipinski definition) is 1. The fourth-order valence-electron chi connectivity index (χ4n) is 2.50. The van der Waals surface area contributed by atoms with Crippen LogP contribution >= 0.6 is 0 Å². The molecule has 0 atom stereocenters. The first-order valence-electron chi connectivity index (χ1n) is 8.26. The molecular formula is C19H20F4N2O2. The summed E-state index contributed by atoms with van der Waals surface area (Å²) in [5.41, 5.74) is 1.22. The van der Waals surface area contributed by atoms with Crippen LogP contribution in [0.2, 0.25) is 0 Å². The fraction of sp³-hybridized carbons (Fsp3) is 0.316. The van der Waals surface area contributed by atoms with E-state index in [1.807, 2.05) is 0 Å². The van der Waals surface area contributed by atoms with Crippen LogP contribution < -0.4 is 10.1 Å². The maximum Gasteiger partial charge on any atom is 0.573 e. The van der Waals surface area contributed by atoms with Crippen molar-refractivity contribution in [2.45, 2.75) is 19.3 Å². The number of carbonyl (C=O) groups is 1. The zero-order chi connectivity index (χ0) is 19.9. The van der Waals surface area contributed by atoms with Crippen molar-refractivity contribution in [3.05, 3.63) is 65.5 Å². The highest BCUT2D eigenvalue weighted by Gasteiger charge is 2.32. The number of ether oxygens (including phenoxy) is 1. The Kier molecular flexibility index (Phi) is 7.18. The Labute approximate surface area is 154 Å². The second kappa shape index (κ2) is 9.36. The van der Waals surface area contributed by atoms with E-state index in [9.17, 15) is 22.4 Å². The van der Waals surface area contributed by atoms with Crippen molar-refractivity contribution in [2.24, 2.45) is 0 Å². The van der Waals surface area contributed by atoms with E-state index in [1.165, 1.54) is 30.3 Å².